The highest BCUT2D eigenvalue weighted by molar-refractivity contribution is 5.93. The Morgan fingerprint density at radius 3 is 2.27 bits per heavy atom. The van der Waals surface area contributed by atoms with Crippen molar-refractivity contribution in [3.63, 3.8) is 0 Å². The van der Waals surface area contributed by atoms with E-state index in [0.717, 1.165) is 34.2 Å². The molecule has 0 atom stereocenters. The lowest BCUT2D eigenvalue weighted by Gasteiger charge is -2.16. The zero-order chi connectivity index (χ0) is 23.4. The zero-order valence-corrected chi connectivity index (χ0v) is 18.6. The van der Waals surface area contributed by atoms with E-state index in [-0.39, 0.29) is 24.5 Å². The summed E-state index contributed by atoms with van der Waals surface area (Å²) >= 11 is 0. The van der Waals surface area contributed by atoms with Gasteiger partial charge in [-0.05, 0) is 48.2 Å². The topological polar surface area (TPSA) is 98.9 Å². The van der Waals surface area contributed by atoms with E-state index in [1.165, 1.54) is 10.8 Å². The van der Waals surface area contributed by atoms with Crippen LogP contribution in [0.5, 0.6) is 0 Å². The number of nitrogens with one attached hydrogen (secondary N) is 1. The minimum Gasteiger partial charge on any atom is -0.324 e. The summed E-state index contributed by atoms with van der Waals surface area (Å²) in [6, 6.07) is 14.5. The molecule has 0 bridgehead atoms. The highest BCUT2D eigenvalue weighted by Gasteiger charge is 2.18. The number of anilines is 1. The van der Waals surface area contributed by atoms with Crippen LogP contribution in [0.2, 0.25) is 0 Å². The Labute approximate surface area is 190 Å². The van der Waals surface area contributed by atoms with Crippen LogP contribution in [-0.4, -0.2) is 25.0 Å². The van der Waals surface area contributed by atoms with E-state index in [9.17, 15) is 14.4 Å². The molecule has 1 amide bonds. The van der Waals surface area contributed by atoms with Crippen LogP contribution in [0.15, 0.2) is 70.5 Å². The molecule has 4 rings (SSSR count). The number of hydrogen-bond donors (Lipinski definition) is 1. The Hall–Kier alpha value is -4.07. The molecule has 0 spiro atoms. The molecule has 4 aromatic rings. The first-order valence-corrected chi connectivity index (χ1v) is 10.9. The summed E-state index contributed by atoms with van der Waals surface area (Å²) in [6.45, 7) is 3.80. The first-order chi connectivity index (χ1) is 16.0. The highest BCUT2D eigenvalue weighted by Crippen LogP contribution is 2.22. The standard InChI is InChI=1S/C25H25N5O3/c1-3-17-9-7-10-18(4-2)22(17)28-21(31)16-29-20-12-8-14-27-23(20)24(32)30(25(29)33)15-19-11-5-6-13-26-19/h5-14H,3-4,15-16H2,1-2H3,(H,28,31). The van der Waals surface area contributed by atoms with Gasteiger partial charge in [0.05, 0.1) is 17.8 Å². The fourth-order valence-corrected chi connectivity index (χ4v) is 3.91. The van der Waals surface area contributed by atoms with E-state index in [4.69, 9.17) is 0 Å². The number of aromatic nitrogens is 4. The molecule has 33 heavy (non-hydrogen) atoms. The number of fused-ring (bicyclic) bond motifs is 1. The van der Waals surface area contributed by atoms with Crippen LogP contribution in [0.25, 0.3) is 11.0 Å². The predicted octanol–water partition coefficient (Wildman–Crippen LogP) is 2.77. The summed E-state index contributed by atoms with van der Waals surface area (Å²) in [5, 5.41) is 2.99. The van der Waals surface area contributed by atoms with Gasteiger partial charge in [0.1, 0.15) is 6.54 Å². The monoisotopic (exact) mass is 443 g/mol. The van der Waals surface area contributed by atoms with Crippen molar-refractivity contribution in [1.82, 2.24) is 19.1 Å². The fraction of sp³-hybridized carbons (Fsp3) is 0.240. The molecule has 0 aliphatic heterocycles. The van der Waals surface area contributed by atoms with Crippen LogP contribution in [-0.2, 0) is 30.7 Å². The second-order valence-corrected chi connectivity index (χ2v) is 7.66. The number of pyridine rings is 2. The first kappa shape index (κ1) is 22.1. The third kappa shape index (κ3) is 4.45. The molecule has 0 aliphatic carbocycles. The SMILES string of the molecule is CCc1cccc(CC)c1NC(=O)Cn1c(=O)n(Cc2ccccn2)c(=O)c2ncccc21. The number of amides is 1. The molecule has 8 nitrogen and oxygen atoms in total. The minimum atomic E-state index is -0.583. The van der Waals surface area contributed by atoms with E-state index in [2.05, 4.69) is 15.3 Å². The van der Waals surface area contributed by atoms with Crippen LogP contribution >= 0.6 is 0 Å². The fourth-order valence-electron chi connectivity index (χ4n) is 3.91. The highest BCUT2D eigenvalue weighted by atomic mass is 16.2. The maximum absolute atomic E-state index is 13.3. The molecular weight excluding hydrogens is 418 g/mol. The quantitative estimate of drug-likeness (QED) is 0.474. The maximum Gasteiger partial charge on any atom is 0.332 e. The van der Waals surface area contributed by atoms with Gasteiger partial charge in [0.2, 0.25) is 5.91 Å². The molecule has 0 unspecified atom stereocenters. The smallest absolute Gasteiger partial charge is 0.324 e. The van der Waals surface area contributed by atoms with Crippen molar-refractivity contribution >= 4 is 22.6 Å². The van der Waals surface area contributed by atoms with Gasteiger partial charge in [0.15, 0.2) is 5.52 Å². The number of carbonyl (C=O) groups is 1. The van der Waals surface area contributed by atoms with Crippen molar-refractivity contribution in [3.8, 4) is 0 Å². The van der Waals surface area contributed by atoms with Crippen LogP contribution in [0.4, 0.5) is 5.69 Å². The van der Waals surface area contributed by atoms with Gasteiger partial charge in [-0.3, -0.25) is 23.7 Å². The Bertz CT molecular complexity index is 1400. The Kier molecular flexibility index (Phi) is 6.44. The molecule has 3 aromatic heterocycles. The molecule has 0 aliphatic rings. The molecule has 8 heteroatoms. The normalized spacial score (nSPS) is 11.0. The van der Waals surface area contributed by atoms with E-state index in [0.29, 0.717) is 11.2 Å². The lowest BCUT2D eigenvalue weighted by atomic mass is 10.0. The van der Waals surface area contributed by atoms with Crippen molar-refractivity contribution in [2.45, 2.75) is 39.8 Å². The summed E-state index contributed by atoms with van der Waals surface area (Å²) < 4.78 is 2.37. The number of carbonyl (C=O) groups excluding carboxylic acids is 1. The maximum atomic E-state index is 13.3. The Balaban J connectivity index is 1.76. The molecule has 1 aromatic carbocycles. The third-order valence-corrected chi connectivity index (χ3v) is 5.60. The van der Waals surface area contributed by atoms with Crippen LogP contribution in [0.1, 0.15) is 30.7 Å². The van der Waals surface area contributed by atoms with Gasteiger partial charge in [-0.1, -0.05) is 38.1 Å². The lowest BCUT2D eigenvalue weighted by molar-refractivity contribution is -0.116. The van der Waals surface area contributed by atoms with Gasteiger partial charge in [0, 0.05) is 18.1 Å². The van der Waals surface area contributed by atoms with Crippen LogP contribution in [0, 0.1) is 0 Å². The molecule has 0 fully saturated rings. The number of aryl methyl sites for hydroxylation is 2. The van der Waals surface area contributed by atoms with Crippen molar-refractivity contribution in [2.75, 3.05) is 5.32 Å². The predicted molar refractivity (Wildman–Crippen MR) is 127 cm³/mol. The van der Waals surface area contributed by atoms with Crippen molar-refractivity contribution in [3.05, 3.63) is 98.6 Å². The van der Waals surface area contributed by atoms with Crippen molar-refractivity contribution < 1.29 is 4.79 Å². The van der Waals surface area contributed by atoms with Gasteiger partial charge in [-0.25, -0.2) is 9.78 Å². The van der Waals surface area contributed by atoms with Gasteiger partial charge in [-0.15, -0.1) is 0 Å². The number of benzene rings is 1. The van der Waals surface area contributed by atoms with Gasteiger partial charge < -0.3 is 5.32 Å². The molecule has 0 saturated heterocycles. The van der Waals surface area contributed by atoms with Gasteiger partial charge in [-0.2, -0.15) is 0 Å². The molecule has 1 N–H and O–H groups in total. The van der Waals surface area contributed by atoms with Crippen LogP contribution < -0.4 is 16.6 Å². The molecule has 168 valence electrons. The Morgan fingerprint density at radius 1 is 0.879 bits per heavy atom. The van der Waals surface area contributed by atoms with Crippen molar-refractivity contribution in [2.24, 2.45) is 0 Å². The second kappa shape index (κ2) is 9.60. The lowest BCUT2D eigenvalue weighted by Crippen LogP contribution is -2.42. The number of nitrogens with zero attached hydrogens (tertiary/aromatic N) is 4. The van der Waals surface area contributed by atoms with E-state index < -0.39 is 11.2 Å². The summed E-state index contributed by atoms with van der Waals surface area (Å²) in [4.78, 5) is 47.8. The third-order valence-electron chi connectivity index (χ3n) is 5.60. The second-order valence-electron chi connectivity index (χ2n) is 7.66. The summed E-state index contributed by atoms with van der Waals surface area (Å²) in [5.41, 5.74) is 2.76. The Morgan fingerprint density at radius 2 is 1.61 bits per heavy atom. The molecule has 0 saturated carbocycles. The first-order valence-electron chi connectivity index (χ1n) is 10.9. The molecule has 0 radical (unpaired) electrons. The largest absolute Gasteiger partial charge is 0.332 e. The van der Waals surface area contributed by atoms with E-state index >= 15 is 0 Å². The van der Waals surface area contributed by atoms with Crippen LogP contribution in [0.3, 0.4) is 0 Å². The average Bonchev–Trinajstić information content (AvgIpc) is 2.85. The summed E-state index contributed by atoms with van der Waals surface area (Å²) in [5.74, 6) is -0.346. The van der Waals surface area contributed by atoms with E-state index in [1.54, 1.807) is 36.5 Å². The van der Waals surface area contributed by atoms with Gasteiger partial charge >= 0.3 is 5.69 Å². The minimum absolute atomic E-state index is 0.00864. The average molecular weight is 444 g/mol. The van der Waals surface area contributed by atoms with E-state index in [1.807, 2.05) is 32.0 Å². The summed E-state index contributed by atoms with van der Waals surface area (Å²) in [7, 11) is 0. The summed E-state index contributed by atoms with van der Waals surface area (Å²) in [6.07, 6.45) is 4.63. The zero-order valence-electron chi connectivity index (χ0n) is 18.6. The van der Waals surface area contributed by atoms with Crippen molar-refractivity contribution in [1.29, 1.82) is 0 Å². The molecular formula is C25H25N5O3. The van der Waals surface area contributed by atoms with Gasteiger partial charge in [0.25, 0.3) is 5.56 Å². The molecule has 3 heterocycles. The number of hydrogen-bond acceptors (Lipinski definition) is 5. The number of rotatable bonds is 7. The number of para-hydroxylation sites is 1.